The van der Waals surface area contributed by atoms with Crippen molar-refractivity contribution in [2.75, 3.05) is 12.9 Å². The SMILES string of the molecule is COc1ccc2c(CC(=O)NNC(=O)CSc3ccccc3F)coc2c1. The van der Waals surface area contributed by atoms with E-state index in [4.69, 9.17) is 9.15 Å². The highest BCUT2D eigenvalue weighted by Crippen LogP contribution is 2.25. The standard InChI is InChI=1S/C19H17FN2O4S/c1-25-13-6-7-14-12(10-26-16(14)9-13)8-18(23)21-22-19(24)11-27-17-5-3-2-4-15(17)20/h2-7,9-10H,8,11H2,1H3,(H,21,23)(H,22,24). The lowest BCUT2D eigenvalue weighted by atomic mass is 10.1. The summed E-state index contributed by atoms with van der Waals surface area (Å²) in [5.74, 6) is -0.568. The van der Waals surface area contributed by atoms with E-state index in [-0.39, 0.29) is 18.0 Å². The molecule has 2 N–H and O–H groups in total. The van der Waals surface area contributed by atoms with E-state index < -0.39 is 11.8 Å². The van der Waals surface area contributed by atoms with Crippen LogP contribution in [0.3, 0.4) is 0 Å². The molecule has 0 bridgehead atoms. The first-order valence-electron chi connectivity index (χ1n) is 8.06. The lowest BCUT2D eigenvalue weighted by molar-refractivity contribution is -0.127. The zero-order valence-corrected chi connectivity index (χ0v) is 15.3. The van der Waals surface area contributed by atoms with Gasteiger partial charge >= 0.3 is 0 Å². The number of methoxy groups -OCH3 is 1. The predicted octanol–water partition coefficient (Wildman–Crippen LogP) is 3.06. The second-order valence-corrected chi connectivity index (χ2v) is 6.63. The average molecular weight is 388 g/mol. The Balaban J connectivity index is 1.49. The van der Waals surface area contributed by atoms with E-state index in [9.17, 15) is 14.0 Å². The number of benzene rings is 2. The Morgan fingerprint density at radius 1 is 1.15 bits per heavy atom. The number of carbonyl (C=O) groups excluding carboxylic acids is 2. The molecule has 0 saturated heterocycles. The Labute approximate surface area is 159 Å². The number of rotatable bonds is 6. The summed E-state index contributed by atoms with van der Waals surface area (Å²) in [7, 11) is 1.56. The first kappa shape index (κ1) is 18.8. The smallest absolute Gasteiger partial charge is 0.248 e. The molecule has 0 aliphatic carbocycles. The minimum Gasteiger partial charge on any atom is -0.497 e. The molecule has 0 fully saturated rings. The summed E-state index contributed by atoms with van der Waals surface area (Å²) in [6.07, 6.45) is 1.54. The molecule has 0 radical (unpaired) electrons. The number of ether oxygens (including phenoxy) is 1. The van der Waals surface area contributed by atoms with Crippen molar-refractivity contribution in [3.8, 4) is 5.75 Å². The van der Waals surface area contributed by atoms with Gasteiger partial charge in [-0.15, -0.1) is 11.8 Å². The lowest BCUT2D eigenvalue weighted by Crippen LogP contribution is -2.43. The molecule has 6 nitrogen and oxygen atoms in total. The van der Waals surface area contributed by atoms with Crippen LogP contribution in [0.4, 0.5) is 4.39 Å². The largest absolute Gasteiger partial charge is 0.497 e. The van der Waals surface area contributed by atoms with Gasteiger partial charge in [-0.25, -0.2) is 4.39 Å². The van der Waals surface area contributed by atoms with Crippen molar-refractivity contribution in [3.05, 3.63) is 60.1 Å². The van der Waals surface area contributed by atoms with Gasteiger partial charge in [0.25, 0.3) is 0 Å². The molecular formula is C19H17FN2O4S. The summed E-state index contributed by atoms with van der Waals surface area (Å²) in [6, 6.07) is 11.5. The lowest BCUT2D eigenvalue weighted by Gasteiger charge is -2.07. The predicted molar refractivity (Wildman–Crippen MR) is 99.9 cm³/mol. The second kappa shape index (κ2) is 8.59. The van der Waals surface area contributed by atoms with Crippen molar-refractivity contribution in [2.45, 2.75) is 11.3 Å². The fourth-order valence-corrected chi connectivity index (χ4v) is 3.16. The molecule has 0 aliphatic heterocycles. The van der Waals surface area contributed by atoms with Gasteiger partial charge in [0.1, 0.15) is 17.1 Å². The minimum atomic E-state index is -0.432. The molecule has 0 saturated carbocycles. The maximum atomic E-state index is 13.5. The van der Waals surface area contributed by atoms with Crippen LogP contribution in [0.25, 0.3) is 11.0 Å². The summed E-state index contributed by atoms with van der Waals surface area (Å²) in [5.41, 5.74) is 5.97. The van der Waals surface area contributed by atoms with E-state index in [2.05, 4.69) is 10.9 Å². The number of carbonyl (C=O) groups is 2. The summed E-state index contributed by atoms with van der Waals surface area (Å²) in [4.78, 5) is 24.2. The Morgan fingerprint density at radius 2 is 1.93 bits per heavy atom. The molecule has 1 aromatic heterocycles. The number of hydrazine groups is 1. The van der Waals surface area contributed by atoms with Crippen LogP contribution in [-0.4, -0.2) is 24.7 Å². The molecule has 3 rings (SSSR count). The molecule has 0 spiro atoms. The summed E-state index contributed by atoms with van der Waals surface area (Å²) in [6.45, 7) is 0. The van der Waals surface area contributed by atoms with Crippen LogP contribution < -0.4 is 15.6 Å². The average Bonchev–Trinajstić information content (AvgIpc) is 3.07. The van der Waals surface area contributed by atoms with Gasteiger partial charge in [0, 0.05) is 21.9 Å². The Bertz CT molecular complexity index is 973. The third-order valence-electron chi connectivity index (χ3n) is 3.75. The monoisotopic (exact) mass is 388 g/mol. The van der Waals surface area contributed by atoms with Gasteiger partial charge in [-0.1, -0.05) is 12.1 Å². The Kier molecular flexibility index (Phi) is 5.97. The fourth-order valence-electron chi connectivity index (χ4n) is 2.43. The number of hydrogen-bond donors (Lipinski definition) is 2. The van der Waals surface area contributed by atoms with E-state index in [0.717, 1.165) is 17.1 Å². The van der Waals surface area contributed by atoms with Crippen molar-refractivity contribution in [1.29, 1.82) is 0 Å². The maximum absolute atomic E-state index is 13.5. The maximum Gasteiger partial charge on any atom is 0.248 e. The van der Waals surface area contributed by atoms with E-state index in [1.807, 2.05) is 6.07 Å². The van der Waals surface area contributed by atoms with Crippen LogP contribution in [0.15, 0.2) is 58.0 Å². The molecular weight excluding hydrogens is 371 g/mol. The number of halogens is 1. The van der Waals surface area contributed by atoms with Crippen LogP contribution in [0.1, 0.15) is 5.56 Å². The highest BCUT2D eigenvalue weighted by molar-refractivity contribution is 8.00. The highest BCUT2D eigenvalue weighted by Gasteiger charge is 2.12. The van der Waals surface area contributed by atoms with Gasteiger partial charge in [0.15, 0.2) is 0 Å². The summed E-state index contributed by atoms with van der Waals surface area (Å²) in [5, 5.41) is 0.799. The fraction of sp³-hybridized carbons (Fsp3) is 0.158. The van der Waals surface area contributed by atoms with Gasteiger partial charge in [0.2, 0.25) is 11.8 Å². The third-order valence-corrected chi connectivity index (χ3v) is 4.80. The van der Waals surface area contributed by atoms with Crippen molar-refractivity contribution in [2.24, 2.45) is 0 Å². The van der Waals surface area contributed by atoms with E-state index >= 15 is 0 Å². The van der Waals surface area contributed by atoms with Gasteiger partial charge in [-0.2, -0.15) is 0 Å². The normalized spacial score (nSPS) is 10.6. The Morgan fingerprint density at radius 3 is 2.70 bits per heavy atom. The van der Waals surface area contributed by atoms with Crippen LogP contribution in [0.2, 0.25) is 0 Å². The highest BCUT2D eigenvalue weighted by atomic mass is 32.2. The summed E-state index contributed by atoms with van der Waals surface area (Å²) < 4.78 is 24.1. The van der Waals surface area contributed by atoms with Crippen molar-refractivity contribution in [3.63, 3.8) is 0 Å². The van der Waals surface area contributed by atoms with Crippen molar-refractivity contribution >= 4 is 34.5 Å². The van der Waals surface area contributed by atoms with Crippen molar-refractivity contribution in [1.82, 2.24) is 10.9 Å². The van der Waals surface area contributed by atoms with E-state index in [1.54, 1.807) is 37.4 Å². The topological polar surface area (TPSA) is 80.6 Å². The number of furan rings is 1. The minimum absolute atomic E-state index is 0.0182. The van der Waals surface area contributed by atoms with E-state index in [0.29, 0.717) is 21.8 Å². The van der Waals surface area contributed by atoms with Crippen LogP contribution in [0, 0.1) is 5.82 Å². The molecule has 8 heteroatoms. The van der Waals surface area contributed by atoms with Crippen LogP contribution in [0.5, 0.6) is 5.75 Å². The number of nitrogens with one attached hydrogen (secondary N) is 2. The quantitative estimate of drug-likeness (QED) is 0.501. The molecule has 1 heterocycles. The van der Waals surface area contributed by atoms with Gasteiger partial charge in [-0.3, -0.25) is 20.4 Å². The molecule has 2 aromatic carbocycles. The number of thioether (sulfide) groups is 1. The zero-order chi connectivity index (χ0) is 19.2. The number of amides is 2. The third kappa shape index (κ3) is 4.79. The second-order valence-electron chi connectivity index (χ2n) is 5.62. The van der Waals surface area contributed by atoms with Crippen LogP contribution in [-0.2, 0) is 16.0 Å². The van der Waals surface area contributed by atoms with Gasteiger partial charge in [0.05, 0.1) is 25.5 Å². The van der Waals surface area contributed by atoms with Gasteiger partial charge < -0.3 is 9.15 Å². The molecule has 27 heavy (non-hydrogen) atoms. The van der Waals surface area contributed by atoms with Gasteiger partial charge in [-0.05, 0) is 24.3 Å². The molecule has 3 aromatic rings. The molecule has 140 valence electrons. The molecule has 0 aliphatic rings. The zero-order valence-electron chi connectivity index (χ0n) is 14.5. The Hall–Kier alpha value is -3.00. The molecule has 2 amide bonds. The first-order valence-corrected chi connectivity index (χ1v) is 9.04. The van der Waals surface area contributed by atoms with Crippen molar-refractivity contribution < 1.29 is 23.1 Å². The molecule has 0 unspecified atom stereocenters. The first-order chi connectivity index (χ1) is 13.1. The van der Waals surface area contributed by atoms with E-state index in [1.165, 1.54) is 12.3 Å². The summed E-state index contributed by atoms with van der Waals surface area (Å²) >= 11 is 1.05. The number of hydrogen-bond acceptors (Lipinski definition) is 5. The van der Waals surface area contributed by atoms with Crippen LogP contribution >= 0.6 is 11.8 Å². The number of fused-ring (bicyclic) bond motifs is 1. The molecule has 0 atom stereocenters.